The molecule has 0 spiro atoms. The van der Waals surface area contributed by atoms with E-state index < -0.39 is 12.0 Å². The molecule has 4 heterocycles. The molecule has 0 radical (unpaired) electrons. The molecule has 12 nitrogen and oxygen atoms in total. The molecule has 3 aliphatic heterocycles. The van der Waals surface area contributed by atoms with E-state index in [1.807, 2.05) is 43.3 Å². The number of nitrogens with zero attached hydrogens (tertiary/aromatic N) is 4. The predicted octanol–water partition coefficient (Wildman–Crippen LogP) is 5.38. The zero-order chi connectivity index (χ0) is 38.8. The van der Waals surface area contributed by atoms with E-state index in [0.29, 0.717) is 60.9 Å². The van der Waals surface area contributed by atoms with Crippen molar-refractivity contribution in [3.05, 3.63) is 92.5 Å². The van der Waals surface area contributed by atoms with Crippen LogP contribution in [-0.2, 0) is 27.3 Å². The highest BCUT2D eigenvalue weighted by Crippen LogP contribution is 2.45. The van der Waals surface area contributed by atoms with Crippen LogP contribution in [0.15, 0.2) is 60.2 Å². The van der Waals surface area contributed by atoms with Gasteiger partial charge in [0.1, 0.15) is 17.2 Å². The van der Waals surface area contributed by atoms with Crippen LogP contribution in [0.4, 0.5) is 0 Å². The minimum Gasteiger partial charge on any atom is -0.481 e. The van der Waals surface area contributed by atoms with Gasteiger partial charge in [-0.3, -0.25) is 19.4 Å². The van der Waals surface area contributed by atoms with Crippen molar-refractivity contribution in [2.45, 2.75) is 56.6 Å². The van der Waals surface area contributed by atoms with Crippen LogP contribution in [0.25, 0.3) is 16.8 Å². The van der Waals surface area contributed by atoms with E-state index in [0.717, 1.165) is 64.9 Å². The first-order valence-corrected chi connectivity index (χ1v) is 19.4. The quantitative estimate of drug-likeness (QED) is 0.207. The number of fused-ring (bicyclic) bond motifs is 1. The highest BCUT2D eigenvalue weighted by Gasteiger charge is 2.33. The summed E-state index contributed by atoms with van der Waals surface area (Å²) in [4.78, 5) is 34.1. The van der Waals surface area contributed by atoms with Crippen LogP contribution in [0.2, 0.25) is 10.0 Å². The molecular weight excluding hydrogens is 743 g/mol. The fourth-order valence-electron chi connectivity index (χ4n) is 8.23. The van der Waals surface area contributed by atoms with Gasteiger partial charge in [-0.15, -0.1) is 0 Å². The number of piperazine rings is 1. The van der Waals surface area contributed by atoms with E-state index in [2.05, 4.69) is 55.8 Å². The number of allylic oxidation sites excluding steroid dienone is 2. The molecule has 4 aliphatic rings. The van der Waals surface area contributed by atoms with Gasteiger partial charge < -0.3 is 34.9 Å². The predicted molar refractivity (Wildman–Crippen MR) is 212 cm³/mol. The summed E-state index contributed by atoms with van der Waals surface area (Å²) < 4.78 is 18.2. The molecule has 0 saturated carbocycles. The van der Waals surface area contributed by atoms with Gasteiger partial charge in [-0.1, -0.05) is 65.7 Å². The van der Waals surface area contributed by atoms with Crippen LogP contribution in [0.3, 0.4) is 0 Å². The lowest BCUT2D eigenvalue weighted by Crippen LogP contribution is -2.54. The number of nitrogens with one attached hydrogen (secondary N) is 2. The Hall–Kier alpha value is -4.17. The third kappa shape index (κ3) is 8.21. The number of benzene rings is 2. The lowest BCUT2D eigenvalue weighted by molar-refractivity contribution is -0.145. The monoisotopic (exact) mass is 790 g/mol. The molecule has 4 atom stereocenters. The first-order valence-electron chi connectivity index (χ1n) is 18.7. The second kappa shape index (κ2) is 16.9. The summed E-state index contributed by atoms with van der Waals surface area (Å²) in [6.07, 6.45) is 6.58. The van der Waals surface area contributed by atoms with Crippen molar-refractivity contribution in [1.82, 2.24) is 30.3 Å². The molecule has 2 aromatic carbocycles. The minimum absolute atomic E-state index is 0.112. The van der Waals surface area contributed by atoms with Gasteiger partial charge in [-0.05, 0) is 60.7 Å². The molecule has 1 aliphatic carbocycles. The maximum atomic E-state index is 11.8. The smallest absolute Gasteiger partial charge is 0.322 e. The number of likely N-dealkylation sites (N-methyl/N-ethyl adjacent to an activating group) is 2. The van der Waals surface area contributed by atoms with Crippen LogP contribution in [-0.4, -0.2) is 116 Å². The molecule has 2 fully saturated rings. The SMILES string of the molecule is COc1nc(O[C@H]2CCc3c(-c4cccc(C5=CC=C(CNC[C@@H]6CCC(=O)N6)C(OC)N5C)c4Cl)cccc32)c(Cl)cc1CN1CCN(C)C(C(=O)O)C1. The summed E-state index contributed by atoms with van der Waals surface area (Å²) in [5.41, 5.74) is 7.93. The van der Waals surface area contributed by atoms with Crippen molar-refractivity contribution in [3.63, 3.8) is 0 Å². The Morgan fingerprint density at radius 2 is 1.80 bits per heavy atom. The van der Waals surface area contributed by atoms with Crippen LogP contribution in [0.5, 0.6) is 11.8 Å². The molecule has 3 aromatic rings. The maximum absolute atomic E-state index is 11.8. The normalized spacial score (nSPS) is 22.9. The molecule has 2 saturated heterocycles. The van der Waals surface area contributed by atoms with Gasteiger partial charge in [0.2, 0.25) is 17.7 Å². The van der Waals surface area contributed by atoms with Gasteiger partial charge in [0.25, 0.3) is 0 Å². The lowest BCUT2D eigenvalue weighted by Gasteiger charge is -2.37. The van der Waals surface area contributed by atoms with E-state index in [-0.39, 0.29) is 24.3 Å². The van der Waals surface area contributed by atoms with Crippen LogP contribution in [0.1, 0.15) is 47.6 Å². The number of methoxy groups -OCH3 is 2. The Bertz CT molecular complexity index is 2010. The zero-order valence-electron chi connectivity index (χ0n) is 31.6. The number of hydrogen-bond donors (Lipinski definition) is 3. The van der Waals surface area contributed by atoms with E-state index >= 15 is 0 Å². The third-order valence-electron chi connectivity index (χ3n) is 11.2. The second-order valence-electron chi connectivity index (χ2n) is 14.6. The molecule has 1 aromatic heterocycles. The van der Waals surface area contributed by atoms with E-state index in [1.54, 1.807) is 14.2 Å². The van der Waals surface area contributed by atoms with Gasteiger partial charge in [0.05, 0.1) is 12.1 Å². The average molecular weight is 792 g/mol. The maximum Gasteiger partial charge on any atom is 0.322 e. The number of carboxylic acid groups (broad SMARTS) is 1. The number of aliphatic carboxylic acids is 1. The van der Waals surface area contributed by atoms with Crippen molar-refractivity contribution in [2.75, 3.05) is 61.0 Å². The number of hydrogen-bond acceptors (Lipinski definition) is 10. The van der Waals surface area contributed by atoms with E-state index in [1.165, 1.54) is 5.56 Å². The first-order chi connectivity index (χ1) is 26.6. The van der Waals surface area contributed by atoms with Gasteiger partial charge in [-0.25, -0.2) is 0 Å². The lowest BCUT2D eigenvalue weighted by atomic mass is 9.94. The standard InChI is InChI=1S/C41H48Cl2N6O6/c1-47-17-18-49(23-34(47)41(51)52)22-25-19-32(42)39(46-38(25)53-3)55-35-15-13-28-27(7-5-8-29(28)35)30-9-6-10-31(37(30)43)33-14-11-24(40(54-4)48(33)2)20-44-21-26-12-16-36(50)45-26/h5-11,14,19,26,34-35,40,44H,12-13,15-18,20-23H2,1-4H3,(H,45,50)(H,51,52)/t26-,34?,35-,40?/m0/s1. The Kier molecular flexibility index (Phi) is 12.0. The van der Waals surface area contributed by atoms with Crippen molar-refractivity contribution in [2.24, 2.45) is 0 Å². The van der Waals surface area contributed by atoms with Crippen molar-refractivity contribution >= 4 is 40.8 Å². The topological polar surface area (TPSA) is 129 Å². The highest BCUT2D eigenvalue weighted by molar-refractivity contribution is 6.35. The molecule has 292 valence electrons. The Morgan fingerprint density at radius 3 is 2.55 bits per heavy atom. The fourth-order valence-corrected chi connectivity index (χ4v) is 8.77. The molecule has 55 heavy (non-hydrogen) atoms. The molecule has 1 amide bonds. The first kappa shape index (κ1) is 39.1. The average Bonchev–Trinajstić information content (AvgIpc) is 3.79. The zero-order valence-corrected chi connectivity index (χ0v) is 33.1. The largest absolute Gasteiger partial charge is 0.481 e. The summed E-state index contributed by atoms with van der Waals surface area (Å²) in [6, 6.07) is 13.7. The van der Waals surface area contributed by atoms with Crippen molar-refractivity contribution in [1.29, 1.82) is 0 Å². The summed E-state index contributed by atoms with van der Waals surface area (Å²) in [6.45, 7) is 3.55. The summed E-state index contributed by atoms with van der Waals surface area (Å²) >= 11 is 14.1. The number of amides is 1. The number of pyridine rings is 1. The number of ether oxygens (including phenoxy) is 3. The Balaban J connectivity index is 1.08. The fraction of sp³-hybridized carbons (Fsp3) is 0.439. The van der Waals surface area contributed by atoms with Gasteiger partial charge >= 0.3 is 5.97 Å². The number of rotatable bonds is 13. The van der Waals surface area contributed by atoms with Crippen LogP contribution < -0.4 is 20.1 Å². The van der Waals surface area contributed by atoms with Crippen LogP contribution >= 0.6 is 23.2 Å². The number of carbonyl (C=O) groups excluding carboxylic acids is 1. The molecule has 7 rings (SSSR count). The van der Waals surface area contributed by atoms with Crippen molar-refractivity contribution < 1.29 is 28.9 Å². The number of carboxylic acids is 1. The van der Waals surface area contributed by atoms with Gasteiger partial charge in [-0.2, -0.15) is 4.98 Å². The minimum atomic E-state index is -0.840. The van der Waals surface area contributed by atoms with Crippen LogP contribution in [0, 0.1) is 0 Å². The second-order valence-corrected chi connectivity index (χ2v) is 15.4. The number of aromatic nitrogens is 1. The molecule has 0 bridgehead atoms. The van der Waals surface area contributed by atoms with Crippen molar-refractivity contribution in [3.8, 4) is 22.9 Å². The number of halogens is 2. The summed E-state index contributed by atoms with van der Waals surface area (Å²) in [5, 5.41) is 17.2. The summed E-state index contributed by atoms with van der Waals surface area (Å²) in [7, 11) is 7.11. The van der Waals surface area contributed by atoms with E-state index in [9.17, 15) is 14.7 Å². The summed E-state index contributed by atoms with van der Waals surface area (Å²) in [5.74, 6) is -0.0365. The molecule has 2 unspecified atom stereocenters. The Morgan fingerprint density at radius 1 is 1.02 bits per heavy atom. The molecule has 3 N–H and O–H groups in total. The molecule has 14 heteroatoms. The highest BCUT2D eigenvalue weighted by atomic mass is 35.5. The Labute approximate surface area is 332 Å². The third-order valence-corrected chi connectivity index (χ3v) is 11.8. The van der Waals surface area contributed by atoms with Gasteiger partial charge in [0.15, 0.2) is 6.23 Å². The molecular formula is C41H48Cl2N6O6. The number of carbonyl (C=O) groups is 2. The van der Waals surface area contributed by atoms with Gasteiger partial charge in [0, 0.05) is 88.3 Å². The van der Waals surface area contributed by atoms with E-state index in [4.69, 9.17) is 37.4 Å².